The van der Waals surface area contributed by atoms with Crippen molar-refractivity contribution in [3.63, 3.8) is 0 Å². The third-order valence-electron chi connectivity index (χ3n) is 4.66. The first-order valence-corrected chi connectivity index (χ1v) is 13.7. The lowest BCUT2D eigenvalue weighted by Crippen LogP contribution is -2.49. The Morgan fingerprint density at radius 2 is 1.21 bits per heavy atom. The van der Waals surface area contributed by atoms with Gasteiger partial charge in [0, 0.05) is 25.9 Å². The molecule has 0 aliphatic heterocycles. The van der Waals surface area contributed by atoms with Gasteiger partial charge in [0.1, 0.15) is 0 Å². The Hall–Kier alpha value is -0.216. The van der Waals surface area contributed by atoms with Crippen LogP contribution in [0.4, 0.5) is 0 Å². The lowest BCUT2D eigenvalue weighted by Gasteiger charge is -2.36. The summed E-state index contributed by atoms with van der Waals surface area (Å²) in [6, 6.07) is 0.460. The fraction of sp³-hybridized carbons (Fsp3) is 0.941. The molecule has 5 nitrogen and oxygen atoms in total. The van der Waals surface area contributed by atoms with Crippen LogP contribution in [0.25, 0.3) is 0 Å². The highest BCUT2D eigenvalue weighted by molar-refractivity contribution is 6.76. The first-order valence-electron chi connectivity index (χ1n) is 9.23. The third-order valence-corrected chi connectivity index (χ3v) is 13.2. The van der Waals surface area contributed by atoms with Crippen molar-refractivity contribution in [2.75, 3.05) is 19.8 Å². The van der Waals surface area contributed by atoms with E-state index in [1.807, 2.05) is 27.7 Å². The zero-order chi connectivity index (χ0) is 19.0. The lowest BCUT2D eigenvalue weighted by molar-refractivity contribution is -0.139. The van der Waals surface area contributed by atoms with Gasteiger partial charge in [-0.05, 0) is 38.4 Å². The number of carbonyl (C=O) groups excluding carboxylic acids is 1. The summed E-state index contributed by atoms with van der Waals surface area (Å²) in [4.78, 5) is 12.7. The molecule has 7 heteroatoms. The fourth-order valence-electron chi connectivity index (χ4n) is 2.64. The Balaban J connectivity index is 5.15. The molecule has 0 N–H and O–H groups in total. The smallest absolute Gasteiger partial charge is 0.501 e. The van der Waals surface area contributed by atoms with E-state index in [0.29, 0.717) is 36.9 Å². The SMILES string of the molecule is CCO[Si](CC(C)C(=O)O[Si](C)(C(C)C)C(C)C)(OCC)OCC. The van der Waals surface area contributed by atoms with Gasteiger partial charge in [-0.2, -0.15) is 0 Å². The van der Waals surface area contributed by atoms with E-state index < -0.39 is 17.1 Å². The number of hydrogen-bond donors (Lipinski definition) is 0. The number of hydrogen-bond acceptors (Lipinski definition) is 5. The summed E-state index contributed by atoms with van der Waals surface area (Å²) in [6.07, 6.45) is 0. The van der Waals surface area contributed by atoms with E-state index in [2.05, 4.69) is 34.2 Å². The van der Waals surface area contributed by atoms with E-state index in [-0.39, 0.29) is 11.9 Å². The molecule has 0 radical (unpaired) electrons. The Labute approximate surface area is 150 Å². The summed E-state index contributed by atoms with van der Waals surface area (Å²) in [5.41, 5.74) is 0.752. The van der Waals surface area contributed by atoms with E-state index in [0.717, 1.165) is 0 Å². The van der Waals surface area contributed by atoms with Crippen LogP contribution in [-0.4, -0.2) is 42.9 Å². The predicted octanol–water partition coefficient (Wildman–Crippen LogP) is 4.61. The summed E-state index contributed by atoms with van der Waals surface area (Å²) in [6.45, 7) is 19.9. The maximum absolute atomic E-state index is 12.7. The van der Waals surface area contributed by atoms with Crippen molar-refractivity contribution in [3.8, 4) is 0 Å². The van der Waals surface area contributed by atoms with Crippen LogP contribution < -0.4 is 0 Å². The molecule has 0 saturated carbocycles. The van der Waals surface area contributed by atoms with Crippen LogP contribution in [0.3, 0.4) is 0 Å². The molecule has 0 heterocycles. The molecule has 0 saturated heterocycles. The van der Waals surface area contributed by atoms with E-state index in [1.54, 1.807) is 0 Å². The van der Waals surface area contributed by atoms with Gasteiger partial charge in [-0.15, -0.1) is 0 Å². The molecule has 144 valence electrons. The minimum atomic E-state index is -2.84. The van der Waals surface area contributed by atoms with Gasteiger partial charge in [-0.1, -0.05) is 34.6 Å². The highest BCUT2D eigenvalue weighted by Crippen LogP contribution is 2.34. The van der Waals surface area contributed by atoms with Gasteiger partial charge in [-0.25, -0.2) is 0 Å². The van der Waals surface area contributed by atoms with Crippen LogP contribution in [0.15, 0.2) is 0 Å². The van der Waals surface area contributed by atoms with Gasteiger partial charge in [0.2, 0.25) is 0 Å². The summed E-state index contributed by atoms with van der Waals surface area (Å²) in [7, 11) is -4.95. The van der Waals surface area contributed by atoms with E-state index in [4.69, 9.17) is 17.7 Å². The van der Waals surface area contributed by atoms with Crippen molar-refractivity contribution >= 4 is 23.1 Å². The average molecular weight is 379 g/mol. The molecule has 1 unspecified atom stereocenters. The van der Waals surface area contributed by atoms with Crippen molar-refractivity contribution in [2.24, 2.45) is 5.92 Å². The van der Waals surface area contributed by atoms with Gasteiger partial charge >= 0.3 is 8.80 Å². The van der Waals surface area contributed by atoms with Crippen molar-refractivity contribution in [1.82, 2.24) is 0 Å². The third kappa shape index (κ3) is 6.59. The molecule has 0 aromatic carbocycles. The standard InChI is InChI=1S/C17H38O5Si2/c1-10-19-24(20-11-2,21-12-3)13-16(8)17(18)22-23(9,14(4)5)15(6)7/h14-16H,10-13H2,1-9H3. The molecule has 0 aliphatic rings. The van der Waals surface area contributed by atoms with Crippen LogP contribution >= 0.6 is 0 Å². The van der Waals surface area contributed by atoms with E-state index in [1.165, 1.54) is 0 Å². The van der Waals surface area contributed by atoms with Gasteiger partial charge in [0.25, 0.3) is 14.3 Å². The van der Waals surface area contributed by atoms with Crippen molar-refractivity contribution in [3.05, 3.63) is 0 Å². The van der Waals surface area contributed by atoms with Crippen LogP contribution in [0.1, 0.15) is 55.4 Å². The molecule has 0 bridgehead atoms. The average Bonchev–Trinajstić information content (AvgIpc) is 2.47. The molecule has 0 aromatic rings. The van der Waals surface area contributed by atoms with Crippen LogP contribution in [0.5, 0.6) is 0 Å². The van der Waals surface area contributed by atoms with Gasteiger partial charge in [0.15, 0.2) is 0 Å². The summed E-state index contributed by atoms with van der Waals surface area (Å²) in [5.74, 6) is -0.451. The van der Waals surface area contributed by atoms with Gasteiger partial charge in [-0.3, -0.25) is 4.79 Å². The molecular weight excluding hydrogens is 340 g/mol. The second kappa shape index (κ2) is 10.7. The zero-order valence-corrected chi connectivity index (χ0v) is 19.1. The minimum Gasteiger partial charge on any atom is -0.519 e. The highest BCUT2D eigenvalue weighted by Gasteiger charge is 2.46. The Kier molecular flexibility index (Phi) is 10.6. The maximum Gasteiger partial charge on any atom is 0.501 e. The quantitative estimate of drug-likeness (QED) is 0.464. The monoisotopic (exact) mass is 378 g/mol. The topological polar surface area (TPSA) is 54.0 Å². The van der Waals surface area contributed by atoms with Gasteiger partial charge in [0.05, 0.1) is 5.92 Å². The van der Waals surface area contributed by atoms with Crippen molar-refractivity contribution < 1.29 is 22.5 Å². The Morgan fingerprint density at radius 1 is 0.833 bits per heavy atom. The number of carbonyl (C=O) groups is 1. The molecule has 24 heavy (non-hydrogen) atoms. The molecule has 0 amide bonds. The molecule has 0 rings (SSSR count). The largest absolute Gasteiger partial charge is 0.519 e. The lowest BCUT2D eigenvalue weighted by atomic mass is 10.2. The van der Waals surface area contributed by atoms with Crippen molar-refractivity contribution in [1.29, 1.82) is 0 Å². The molecule has 0 fully saturated rings. The molecule has 0 spiro atoms. The minimum absolute atomic E-state index is 0.150. The molecule has 0 aliphatic carbocycles. The van der Waals surface area contributed by atoms with Crippen LogP contribution in [0.2, 0.25) is 23.7 Å². The molecule has 1 atom stereocenters. The first kappa shape index (κ1) is 23.8. The van der Waals surface area contributed by atoms with Crippen LogP contribution in [-0.2, 0) is 22.5 Å². The Bertz CT molecular complexity index is 349. The normalized spacial score (nSPS) is 14.3. The summed E-state index contributed by atoms with van der Waals surface area (Å²) in [5, 5.41) is 0. The molecule has 0 aromatic heterocycles. The second-order valence-electron chi connectivity index (χ2n) is 7.00. The van der Waals surface area contributed by atoms with Gasteiger partial charge < -0.3 is 17.7 Å². The number of rotatable bonds is 12. The predicted molar refractivity (Wildman–Crippen MR) is 103 cm³/mol. The Morgan fingerprint density at radius 3 is 1.50 bits per heavy atom. The van der Waals surface area contributed by atoms with Crippen molar-refractivity contribution in [2.45, 2.75) is 79.1 Å². The molecular formula is C17H38O5Si2. The maximum atomic E-state index is 12.7. The zero-order valence-electron chi connectivity index (χ0n) is 17.1. The summed E-state index contributed by atoms with van der Waals surface area (Å²) < 4.78 is 23.6. The fourth-order valence-corrected chi connectivity index (χ4v) is 7.92. The van der Waals surface area contributed by atoms with Crippen LogP contribution in [0, 0.1) is 5.92 Å². The van der Waals surface area contributed by atoms with E-state index in [9.17, 15) is 4.79 Å². The van der Waals surface area contributed by atoms with E-state index >= 15 is 0 Å². The second-order valence-corrected chi connectivity index (χ2v) is 14.5. The highest BCUT2D eigenvalue weighted by atomic mass is 28.4. The first-order chi connectivity index (χ1) is 11.1. The summed E-state index contributed by atoms with van der Waals surface area (Å²) >= 11 is 0.